The first-order valence-corrected chi connectivity index (χ1v) is 9.85. The lowest BCUT2D eigenvalue weighted by molar-refractivity contribution is 0.102. The van der Waals surface area contributed by atoms with E-state index in [1.807, 2.05) is 48.7 Å². The van der Waals surface area contributed by atoms with Crippen molar-refractivity contribution in [2.75, 3.05) is 5.32 Å². The summed E-state index contributed by atoms with van der Waals surface area (Å²) in [5, 5.41) is 5.42. The van der Waals surface area contributed by atoms with Crippen LogP contribution in [0.25, 0.3) is 27.5 Å². The number of aromatic amines is 1. The fraction of sp³-hybridized carbons (Fsp3) is 0.167. The number of aromatic nitrogens is 3. The Morgan fingerprint density at radius 1 is 1.10 bits per heavy atom. The molecule has 5 heteroatoms. The standard InChI is InChI=1S/C24H22N4O/c1-4-16-8-5-9-19-18-11-10-17(13-20(18)27-21(16)19)26-24(29)22-15(3)25-23-14(2)7-6-12-28(22)23/h5-13,27H,4H2,1-3H3,(H,26,29). The van der Waals surface area contributed by atoms with Crippen molar-refractivity contribution in [3.8, 4) is 0 Å². The second kappa shape index (κ2) is 6.48. The van der Waals surface area contributed by atoms with E-state index in [2.05, 4.69) is 46.5 Å². The first-order valence-electron chi connectivity index (χ1n) is 9.85. The van der Waals surface area contributed by atoms with Gasteiger partial charge in [-0.25, -0.2) is 4.98 Å². The highest BCUT2D eigenvalue weighted by Gasteiger charge is 2.18. The molecule has 0 radical (unpaired) electrons. The summed E-state index contributed by atoms with van der Waals surface area (Å²) in [6, 6.07) is 16.3. The molecule has 5 rings (SSSR count). The number of nitrogens with zero attached hydrogens (tertiary/aromatic N) is 2. The second-order valence-electron chi connectivity index (χ2n) is 7.46. The SMILES string of the molecule is CCc1cccc2c1[nH]c1cc(NC(=O)c3c(C)nc4c(C)cccn34)ccc12. The topological polar surface area (TPSA) is 62.2 Å². The summed E-state index contributed by atoms with van der Waals surface area (Å²) in [6.45, 7) is 6.03. The summed E-state index contributed by atoms with van der Waals surface area (Å²) >= 11 is 0. The van der Waals surface area contributed by atoms with Gasteiger partial charge in [-0.1, -0.05) is 37.3 Å². The lowest BCUT2D eigenvalue weighted by Gasteiger charge is -2.07. The van der Waals surface area contributed by atoms with Gasteiger partial charge in [0.15, 0.2) is 0 Å². The zero-order valence-corrected chi connectivity index (χ0v) is 16.7. The molecule has 0 aliphatic heterocycles. The average Bonchev–Trinajstić information content (AvgIpc) is 3.25. The molecule has 5 aromatic rings. The van der Waals surface area contributed by atoms with Crippen LogP contribution in [0.3, 0.4) is 0 Å². The zero-order chi connectivity index (χ0) is 20.1. The Morgan fingerprint density at radius 2 is 1.97 bits per heavy atom. The number of anilines is 1. The third kappa shape index (κ3) is 2.70. The van der Waals surface area contributed by atoms with E-state index in [-0.39, 0.29) is 5.91 Å². The van der Waals surface area contributed by atoms with E-state index >= 15 is 0 Å². The van der Waals surface area contributed by atoms with Gasteiger partial charge >= 0.3 is 0 Å². The third-order valence-corrected chi connectivity index (χ3v) is 5.59. The van der Waals surface area contributed by atoms with Crippen molar-refractivity contribution < 1.29 is 4.79 Å². The summed E-state index contributed by atoms with van der Waals surface area (Å²) < 4.78 is 1.86. The number of nitrogens with one attached hydrogen (secondary N) is 2. The van der Waals surface area contributed by atoms with Crippen LogP contribution in [-0.2, 0) is 6.42 Å². The van der Waals surface area contributed by atoms with Crippen LogP contribution in [0.4, 0.5) is 5.69 Å². The quantitative estimate of drug-likeness (QED) is 0.439. The minimum absolute atomic E-state index is 0.162. The molecule has 0 atom stereocenters. The van der Waals surface area contributed by atoms with Gasteiger partial charge in [0.05, 0.1) is 5.69 Å². The van der Waals surface area contributed by atoms with Crippen LogP contribution in [0.5, 0.6) is 0 Å². The lowest BCUT2D eigenvalue weighted by atomic mass is 10.1. The monoisotopic (exact) mass is 382 g/mol. The molecular formula is C24H22N4O. The Morgan fingerprint density at radius 3 is 2.79 bits per heavy atom. The molecule has 0 saturated heterocycles. The molecule has 2 N–H and O–H groups in total. The number of benzene rings is 2. The minimum Gasteiger partial charge on any atom is -0.354 e. The van der Waals surface area contributed by atoms with Crippen LogP contribution >= 0.6 is 0 Å². The summed E-state index contributed by atoms with van der Waals surface area (Å²) in [6.07, 6.45) is 2.85. The highest BCUT2D eigenvalue weighted by molar-refractivity contribution is 6.10. The van der Waals surface area contributed by atoms with E-state index in [1.165, 1.54) is 16.5 Å². The number of rotatable bonds is 3. The van der Waals surface area contributed by atoms with Gasteiger partial charge in [-0.2, -0.15) is 0 Å². The fourth-order valence-electron chi connectivity index (χ4n) is 4.14. The van der Waals surface area contributed by atoms with Crippen molar-refractivity contribution in [1.29, 1.82) is 0 Å². The lowest BCUT2D eigenvalue weighted by Crippen LogP contribution is -2.15. The number of H-pyrrole nitrogens is 1. The van der Waals surface area contributed by atoms with Gasteiger partial charge < -0.3 is 10.3 Å². The maximum Gasteiger partial charge on any atom is 0.274 e. The third-order valence-electron chi connectivity index (χ3n) is 5.59. The van der Waals surface area contributed by atoms with Gasteiger partial charge in [-0.15, -0.1) is 0 Å². The van der Waals surface area contributed by atoms with E-state index in [0.29, 0.717) is 5.69 Å². The summed E-state index contributed by atoms with van der Waals surface area (Å²) in [4.78, 5) is 21.1. The Hall–Kier alpha value is -3.60. The van der Waals surface area contributed by atoms with E-state index < -0.39 is 0 Å². The Bertz CT molecular complexity index is 1410. The fourth-order valence-corrected chi connectivity index (χ4v) is 4.14. The Kier molecular flexibility index (Phi) is 3.91. The number of hydrogen-bond donors (Lipinski definition) is 2. The first kappa shape index (κ1) is 17.5. The summed E-state index contributed by atoms with van der Waals surface area (Å²) in [5.41, 5.74) is 7.38. The minimum atomic E-state index is -0.162. The zero-order valence-electron chi connectivity index (χ0n) is 16.7. The van der Waals surface area contributed by atoms with Crippen LogP contribution in [0, 0.1) is 13.8 Å². The van der Waals surface area contributed by atoms with Gasteiger partial charge in [0.2, 0.25) is 0 Å². The van der Waals surface area contributed by atoms with E-state index in [0.717, 1.165) is 39.9 Å². The molecular weight excluding hydrogens is 360 g/mol. The predicted molar refractivity (Wildman–Crippen MR) is 118 cm³/mol. The number of carbonyl (C=O) groups is 1. The highest BCUT2D eigenvalue weighted by atomic mass is 16.2. The number of carbonyl (C=O) groups excluding carboxylic acids is 1. The number of para-hydroxylation sites is 1. The van der Waals surface area contributed by atoms with Crippen molar-refractivity contribution in [2.45, 2.75) is 27.2 Å². The maximum atomic E-state index is 13.0. The van der Waals surface area contributed by atoms with Gasteiger partial charge in [0.25, 0.3) is 5.91 Å². The molecule has 2 aromatic carbocycles. The predicted octanol–water partition coefficient (Wildman–Crippen LogP) is 5.40. The molecule has 3 aromatic heterocycles. The Labute approximate surface area is 168 Å². The van der Waals surface area contributed by atoms with Gasteiger partial charge in [0.1, 0.15) is 11.3 Å². The second-order valence-corrected chi connectivity index (χ2v) is 7.46. The molecule has 0 aliphatic carbocycles. The number of fused-ring (bicyclic) bond motifs is 4. The van der Waals surface area contributed by atoms with Crippen LogP contribution < -0.4 is 5.32 Å². The number of imidazole rings is 1. The van der Waals surface area contributed by atoms with Crippen LogP contribution in [-0.4, -0.2) is 20.3 Å². The molecule has 0 unspecified atom stereocenters. The van der Waals surface area contributed by atoms with Crippen LogP contribution in [0.15, 0.2) is 54.7 Å². The number of amides is 1. The van der Waals surface area contributed by atoms with E-state index in [1.54, 1.807) is 0 Å². The van der Waals surface area contributed by atoms with Gasteiger partial charge in [-0.3, -0.25) is 9.20 Å². The van der Waals surface area contributed by atoms with Gasteiger partial charge in [-0.05, 0) is 49.6 Å². The van der Waals surface area contributed by atoms with E-state index in [9.17, 15) is 4.79 Å². The maximum absolute atomic E-state index is 13.0. The molecule has 3 heterocycles. The average molecular weight is 382 g/mol. The molecule has 0 aliphatic rings. The highest BCUT2D eigenvalue weighted by Crippen LogP contribution is 2.30. The summed E-state index contributed by atoms with van der Waals surface area (Å²) in [5.74, 6) is -0.162. The molecule has 0 bridgehead atoms. The van der Waals surface area contributed by atoms with Crippen molar-refractivity contribution in [1.82, 2.24) is 14.4 Å². The first-order chi connectivity index (χ1) is 14.1. The molecule has 0 saturated carbocycles. The van der Waals surface area contributed by atoms with Crippen LogP contribution in [0.2, 0.25) is 0 Å². The normalized spacial score (nSPS) is 11.6. The molecule has 0 fully saturated rings. The number of hydrogen-bond acceptors (Lipinski definition) is 2. The summed E-state index contributed by atoms with van der Waals surface area (Å²) in [7, 11) is 0. The molecule has 0 spiro atoms. The molecule has 5 nitrogen and oxygen atoms in total. The van der Waals surface area contributed by atoms with Crippen LogP contribution in [0.1, 0.15) is 34.2 Å². The van der Waals surface area contributed by atoms with Gasteiger partial charge in [0, 0.05) is 33.7 Å². The smallest absolute Gasteiger partial charge is 0.274 e. The number of aryl methyl sites for hydroxylation is 3. The molecule has 1 amide bonds. The van der Waals surface area contributed by atoms with Crippen molar-refractivity contribution in [3.63, 3.8) is 0 Å². The molecule has 29 heavy (non-hydrogen) atoms. The van der Waals surface area contributed by atoms with E-state index in [4.69, 9.17) is 0 Å². The number of pyridine rings is 1. The van der Waals surface area contributed by atoms with Crippen molar-refractivity contribution in [3.05, 3.63) is 77.2 Å². The largest absolute Gasteiger partial charge is 0.354 e. The Balaban J connectivity index is 1.55. The van der Waals surface area contributed by atoms with Crippen molar-refractivity contribution in [2.24, 2.45) is 0 Å². The van der Waals surface area contributed by atoms with Crippen molar-refractivity contribution >= 4 is 39.0 Å². The molecule has 144 valence electrons.